The number of rotatable bonds is 5. The SMILES string of the molecule is COc1ccc(CC(=O)N2CCC(CN)CC2)cc1OC. The van der Waals surface area contributed by atoms with Crippen molar-refractivity contribution in [2.45, 2.75) is 19.3 Å². The summed E-state index contributed by atoms with van der Waals surface area (Å²) in [5, 5.41) is 0. The minimum Gasteiger partial charge on any atom is -0.493 e. The molecule has 21 heavy (non-hydrogen) atoms. The van der Waals surface area contributed by atoms with Crippen LogP contribution in [0, 0.1) is 5.92 Å². The standard InChI is InChI=1S/C16H24N2O3/c1-20-14-4-3-13(9-15(14)21-2)10-16(19)18-7-5-12(11-17)6-8-18/h3-4,9,12H,5-8,10-11,17H2,1-2H3. The molecule has 0 bridgehead atoms. The number of carbonyl (C=O) groups is 1. The van der Waals surface area contributed by atoms with Crippen LogP contribution in [0.2, 0.25) is 0 Å². The fourth-order valence-corrected chi connectivity index (χ4v) is 2.70. The molecule has 0 unspecified atom stereocenters. The van der Waals surface area contributed by atoms with Crippen molar-refractivity contribution < 1.29 is 14.3 Å². The molecule has 1 aliphatic rings. The number of likely N-dealkylation sites (tertiary alicyclic amines) is 1. The summed E-state index contributed by atoms with van der Waals surface area (Å²) < 4.78 is 10.5. The van der Waals surface area contributed by atoms with Gasteiger partial charge in [-0.2, -0.15) is 0 Å². The molecule has 1 aliphatic heterocycles. The number of piperidine rings is 1. The second-order valence-electron chi connectivity index (χ2n) is 5.43. The summed E-state index contributed by atoms with van der Waals surface area (Å²) in [6.45, 7) is 2.35. The lowest BCUT2D eigenvalue weighted by Crippen LogP contribution is -2.40. The van der Waals surface area contributed by atoms with E-state index in [4.69, 9.17) is 15.2 Å². The third-order valence-corrected chi connectivity index (χ3v) is 4.10. The normalized spacial score (nSPS) is 15.9. The largest absolute Gasteiger partial charge is 0.493 e. The Morgan fingerprint density at radius 1 is 1.24 bits per heavy atom. The first-order valence-corrected chi connectivity index (χ1v) is 7.36. The zero-order valence-electron chi connectivity index (χ0n) is 12.8. The van der Waals surface area contributed by atoms with Crippen LogP contribution in [0.5, 0.6) is 11.5 Å². The molecule has 1 heterocycles. The second-order valence-corrected chi connectivity index (χ2v) is 5.43. The van der Waals surface area contributed by atoms with Gasteiger partial charge in [0.15, 0.2) is 11.5 Å². The van der Waals surface area contributed by atoms with Gasteiger partial charge in [0.25, 0.3) is 0 Å². The zero-order valence-corrected chi connectivity index (χ0v) is 12.8. The Morgan fingerprint density at radius 3 is 2.48 bits per heavy atom. The van der Waals surface area contributed by atoms with Gasteiger partial charge in [0.1, 0.15) is 0 Å². The van der Waals surface area contributed by atoms with Gasteiger partial charge in [0.05, 0.1) is 20.6 Å². The fraction of sp³-hybridized carbons (Fsp3) is 0.562. The van der Waals surface area contributed by atoms with Crippen molar-refractivity contribution >= 4 is 5.91 Å². The summed E-state index contributed by atoms with van der Waals surface area (Å²) in [5.74, 6) is 2.06. The highest BCUT2D eigenvalue weighted by Gasteiger charge is 2.22. The summed E-state index contributed by atoms with van der Waals surface area (Å²) in [5.41, 5.74) is 6.62. The first kappa shape index (κ1) is 15.6. The lowest BCUT2D eigenvalue weighted by molar-refractivity contribution is -0.131. The summed E-state index contributed by atoms with van der Waals surface area (Å²) in [6, 6.07) is 5.61. The van der Waals surface area contributed by atoms with Gasteiger partial charge in [-0.25, -0.2) is 0 Å². The number of amides is 1. The lowest BCUT2D eigenvalue weighted by atomic mass is 9.96. The molecule has 2 N–H and O–H groups in total. The maximum Gasteiger partial charge on any atom is 0.226 e. The van der Waals surface area contributed by atoms with E-state index in [1.807, 2.05) is 23.1 Å². The van der Waals surface area contributed by atoms with Crippen molar-refractivity contribution in [2.24, 2.45) is 11.7 Å². The lowest BCUT2D eigenvalue weighted by Gasteiger charge is -2.31. The molecule has 5 heteroatoms. The highest BCUT2D eigenvalue weighted by molar-refractivity contribution is 5.79. The molecule has 1 aromatic carbocycles. The van der Waals surface area contributed by atoms with Crippen LogP contribution in [0.4, 0.5) is 0 Å². The third-order valence-electron chi connectivity index (χ3n) is 4.10. The molecular weight excluding hydrogens is 268 g/mol. The van der Waals surface area contributed by atoms with E-state index in [2.05, 4.69) is 0 Å². The number of hydrogen-bond donors (Lipinski definition) is 1. The highest BCUT2D eigenvalue weighted by Crippen LogP contribution is 2.28. The maximum atomic E-state index is 12.3. The van der Waals surface area contributed by atoms with Crippen LogP contribution in [0.15, 0.2) is 18.2 Å². The van der Waals surface area contributed by atoms with Crippen molar-refractivity contribution in [1.29, 1.82) is 0 Å². The smallest absolute Gasteiger partial charge is 0.226 e. The minimum atomic E-state index is 0.165. The second kappa shape index (κ2) is 7.31. The van der Waals surface area contributed by atoms with Gasteiger partial charge >= 0.3 is 0 Å². The van der Waals surface area contributed by atoms with E-state index in [9.17, 15) is 4.79 Å². The van der Waals surface area contributed by atoms with Gasteiger partial charge in [0, 0.05) is 13.1 Å². The Bertz CT molecular complexity index is 482. The fourth-order valence-electron chi connectivity index (χ4n) is 2.70. The van der Waals surface area contributed by atoms with E-state index in [0.717, 1.165) is 38.0 Å². The minimum absolute atomic E-state index is 0.165. The predicted molar refractivity (Wildman–Crippen MR) is 81.6 cm³/mol. The highest BCUT2D eigenvalue weighted by atomic mass is 16.5. The molecule has 116 valence electrons. The molecule has 0 aromatic heterocycles. The number of nitrogens with two attached hydrogens (primary N) is 1. The van der Waals surface area contributed by atoms with Gasteiger partial charge in [-0.05, 0) is 43.0 Å². The molecule has 1 fully saturated rings. The van der Waals surface area contributed by atoms with E-state index >= 15 is 0 Å². The van der Waals surface area contributed by atoms with Crippen molar-refractivity contribution in [1.82, 2.24) is 4.90 Å². The van der Waals surface area contributed by atoms with Crippen molar-refractivity contribution in [3.8, 4) is 11.5 Å². The van der Waals surface area contributed by atoms with Gasteiger partial charge in [-0.15, -0.1) is 0 Å². The topological polar surface area (TPSA) is 64.8 Å². The van der Waals surface area contributed by atoms with Crippen LogP contribution >= 0.6 is 0 Å². The summed E-state index contributed by atoms with van der Waals surface area (Å²) >= 11 is 0. The molecule has 1 amide bonds. The van der Waals surface area contributed by atoms with E-state index in [0.29, 0.717) is 23.8 Å². The number of hydrogen-bond acceptors (Lipinski definition) is 4. The third kappa shape index (κ3) is 3.88. The van der Waals surface area contributed by atoms with Crippen molar-refractivity contribution in [3.05, 3.63) is 23.8 Å². The predicted octanol–water partition coefficient (Wildman–Crippen LogP) is 1.44. The van der Waals surface area contributed by atoms with E-state index < -0.39 is 0 Å². The molecule has 0 aliphatic carbocycles. The number of nitrogens with zero attached hydrogens (tertiary/aromatic N) is 1. The Labute approximate surface area is 126 Å². The van der Waals surface area contributed by atoms with Crippen molar-refractivity contribution in [2.75, 3.05) is 33.9 Å². The van der Waals surface area contributed by atoms with Crippen molar-refractivity contribution in [3.63, 3.8) is 0 Å². The van der Waals surface area contributed by atoms with Crippen LogP contribution < -0.4 is 15.2 Å². The molecule has 2 rings (SSSR count). The number of methoxy groups -OCH3 is 2. The molecule has 5 nitrogen and oxygen atoms in total. The Balaban J connectivity index is 1.96. The molecule has 0 radical (unpaired) electrons. The molecular formula is C16H24N2O3. The van der Waals surface area contributed by atoms with Gasteiger partial charge < -0.3 is 20.1 Å². The average Bonchev–Trinajstić information content (AvgIpc) is 2.54. The van der Waals surface area contributed by atoms with Gasteiger partial charge in [-0.3, -0.25) is 4.79 Å². The van der Waals surface area contributed by atoms with Gasteiger partial charge in [-0.1, -0.05) is 6.07 Å². The average molecular weight is 292 g/mol. The van der Waals surface area contributed by atoms with Crippen LogP contribution in [0.1, 0.15) is 18.4 Å². The molecule has 0 spiro atoms. The van der Waals surface area contributed by atoms with E-state index in [-0.39, 0.29) is 5.91 Å². The number of ether oxygens (including phenoxy) is 2. The Morgan fingerprint density at radius 2 is 1.90 bits per heavy atom. The maximum absolute atomic E-state index is 12.3. The summed E-state index contributed by atoms with van der Waals surface area (Å²) in [4.78, 5) is 14.3. The Kier molecular flexibility index (Phi) is 5.44. The number of benzene rings is 1. The quantitative estimate of drug-likeness (QED) is 0.892. The summed E-state index contributed by atoms with van der Waals surface area (Å²) in [6.07, 6.45) is 2.41. The summed E-state index contributed by atoms with van der Waals surface area (Å²) in [7, 11) is 3.20. The number of carbonyl (C=O) groups excluding carboxylic acids is 1. The van der Waals surface area contributed by atoms with E-state index in [1.54, 1.807) is 14.2 Å². The molecule has 0 atom stereocenters. The van der Waals surface area contributed by atoms with Crippen LogP contribution in [-0.2, 0) is 11.2 Å². The van der Waals surface area contributed by atoms with Gasteiger partial charge in [0.2, 0.25) is 5.91 Å². The zero-order chi connectivity index (χ0) is 15.2. The molecule has 1 saturated heterocycles. The van der Waals surface area contributed by atoms with Crippen LogP contribution in [0.3, 0.4) is 0 Å². The van der Waals surface area contributed by atoms with E-state index in [1.165, 1.54) is 0 Å². The van der Waals surface area contributed by atoms with Crippen LogP contribution in [0.25, 0.3) is 0 Å². The van der Waals surface area contributed by atoms with Crippen LogP contribution in [-0.4, -0.2) is 44.7 Å². The Hall–Kier alpha value is -1.75. The first-order valence-electron chi connectivity index (χ1n) is 7.36. The first-order chi connectivity index (χ1) is 10.2. The monoisotopic (exact) mass is 292 g/mol. The molecule has 1 aromatic rings. The molecule has 0 saturated carbocycles.